The number of nitrogens with zero attached hydrogens (tertiary/aromatic N) is 1. The van der Waals surface area contributed by atoms with Gasteiger partial charge in [0, 0.05) is 25.7 Å². The highest BCUT2D eigenvalue weighted by Crippen LogP contribution is 2.17. The average molecular weight is 186 g/mol. The van der Waals surface area contributed by atoms with Crippen LogP contribution < -0.4 is 5.32 Å². The van der Waals surface area contributed by atoms with E-state index in [2.05, 4.69) is 38.0 Å². The molecule has 1 rings (SSSR count). The van der Waals surface area contributed by atoms with Gasteiger partial charge >= 0.3 is 0 Å². The standard InChI is InChI=1S/C10H22N2O/c1-10(2,3)7-12(4)8-5-11-6-9(8)13/h8-9,11,13H,5-7H2,1-4H3. The Hall–Kier alpha value is -0.120. The summed E-state index contributed by atoms with van der Waals surface area (Å²) >= 11 is 0. The predicted octanol–water partition coefficient (Wildman–Crippen LogP) is 0.297. The maximum absolute atomic E-state index is 9.65. The van der Waals surface area contributed by atoms with Crippen molar-refractivity contribution >= 4 is 0 Å². The normalized spacial score (nSPS) is 30.0. The molecule has 0 aromatic rings. The van der Waals surface area contributed by atoms with Crippen molar-refractivity contribution < 1.29 is 5.11 Å². The predicted molar refractivity (Wildman–Crippen MR) is 54.7 cm³/mol. The van der Waals surface area contributed by atoms with Crippen LogP contribution in [0.4, 0.5) is 0 Å². The molecule has 0 spiro atoms. The highest BCUT2D eigenvalue weighted by Gasteiger charge is 2.30. The van der Waals surface area contributed by atoms with Crippen molar-refractivity contribution in [1.82, 2.24) is 10.2 Å². The monoisotopic (exact) mass is 186 g/mol. The molecule has 0 aliphatic carbocycles. The van der Waals surface area contributed by atoms with Gasteiger partial charge in [-0.15, -0.1) is 0 Å². The van der Waals surface area contributed by atoms with Gasteiger partial charge in [0.15, 0.2) is 0 Å². The second kappa shape index (κ2) is 3.95. The summed E-state index contributed by atoms with van der Waals surface area (Å²) in [5, 5.41) is 12.8. The van der Waals surface area contributed by atoms with E-state index in [9.17, 15) is 5.11 Å². The number of likely N-dealkylation sites (N-methyl/N-ethyl adjacent to an activating group) is 1. The smallest absolute Gasteiger partial charge is 0.0831 e. The van der Waals surface area contributed by atoms with Crippen molar-refractivity contribution in [1.29, 1.82) is 0 Å². The molecule has 1 aliphatic heterocycles. The van der Waals surface area contributed by atoms with Crippen molar-refractivity contribution in [3.8, 4) is 0 Å². The molecule has 0 bridgehead atoms. The van der Waals surface area contributed by atoms with Crippen LogP contribution in [0, 0.1) is 5.41 Å². The fraction of sp³-hybridized carbons (Fsp3) is 1.00. The summed E-state index contributed by atoms with van der Waals surface area (Å²) in [4.78, 5) is 2.25. The zero-order chi connectivity index (χ0) is 10.1. The summed E-state index contributed by atoms with van der Waals surface area (Å²) in [6.07, 6.45) is -0.202. The first-order valence-corrected chi connectivity index (χ1v) is 4.99. The number of hydrogen-bond donors (Lipinski definition) is 2. The van der Waals surface area contributed by atoms with Gasteiger partial charge in [-0.05, 0) is 12.5 Å². The van der Waals surface area contributed by atoms with Gasteiger partial charge in [0.05, 0.1) is 6.10 Å². The highest BCUT2D eigenvalue weighted by atomic mass is 16.3. The van der Waals surface area contributed by atoms with E-state index in [0.29, 0.717) is 11.5 Å². The lowest BCUT2D eigenvalue weighted by molar-refractivity contribution is 0.0794. The van der Waals surface area contributed by atoms with Crippen LogP contribution in [0.5, 0.6) is 0 Å². The molecule has 0 radical (unpaired) electrons. The maximum atomic E-state index is 9.65. The lowest BCUT2D eigenvalue weighted by Crippen LogP contribution is -2.44. The molecule has 2 atom stereocenters. The Labute approximate surface area is 81.1 Å². The van der Waals surface area contributed by atoms with E-state index < -0.39 is 0 Å². The lowest BCUT2D eigenvalue weighted by Gasteiger charge is -2.32. The molecule has 2 unspecified atom stereocenters. The molecular weight excluding hydrogens is 164 g/mol. The van der Waals surface area contributed by atoms with E-state index in [1.54, 1.807) is 0 Å². The molecule has 1 saturated heterocycles. The van der Waals surface area contributed by atoms with E-state index in [4.69, 9.17) is 0 Å². The largest absolute Gasteiger partial charge is 0.390 e. The molecule has 2 N–H and O–H groups in total. The fourth-order valence-electron chi connectivity index (χ4n) is 1.97. The third kappa shape index (κ3) is 3.25. The summed E-state index contributed by atoms with van der Waals surface area (Å²) in [6.45, 7) is 9.33. The van der Waals surface area contributed by atoms with Gasteiger partial charge in [0.1, 0.15) is 0 Å². The molecule has 0 aromatic carbocycles. The summed E-state index contributed by atoms with van der Waals surface area (Å²) in [5.74, 6) is 0. The number of nitrogens with one attached hydrogen (secondary N) is 1. The van der Waals surface area contributed by atoms with Crippen LogP contribution in [0.2, 0.25) is 0 Å². The van der Waals surface area contributed by atoms with Crippen LogP contribution in [-0.2, 0) is 0 Å². The van der Waals surface area contributed by atoms with E-state index in [-0.39, 0.29) is 6.10 Å². The summed E-state index contributed by atoms with van der Waals surface area (Å²) in [5.41, 5.74) is 0.303. The van der Waals surface area contributed by atoms with Gasteiger partial charge < -0.3 is 10.4 Å². The van der Waals surface area contributed by atoms with E-state index >= 15 is 0 Å². The van der Waals surface area contributed by atoms with E-state index in [0.717, 1.165) is 19.6 Å². The Morgan fingerprint density at radius 1 is 1.38 bits per heavy atom. The Morgan fingerprint density at radius 3 is 2.38 bits per heavy atom. The van der Waals surface area contributed by atoms with Gasteiger partial charge in [-0.1, -0.05) is 20.8 Å². The first kappa shape index (κ1) is 11.0. The Morgan fingerprint density at radius 2 is 2.00 bits per heavy atom. The quantitative estimate of drug-likeness (QED) is 0.651. The molecular formula is C10H22N2O. The molecule has 3 nitrogen and oxygen atoms in total. The molecule has 1 fully saturated rings. The molecule has 78 valence electrons. The second-order valence-electron chi connectivity index (χ2n) is 5.27. The Balaban J connectivity index is 2.43. The summed E-state index contributed by atoms with van der Waals surface area (Å²) in [7, 11) is 2.09. The Kier molecular flexibility index (Phi) is 3.33. The molecule has 13 heavy (non-hydrogen) atoms. The molecule has 3 heteroatoms. The van der Waals surface area contributed by atoms with Crippen molar-refractivity contribution in [2.75, 3.05) is 26.7 Å². The minimum atomic E-state index is -0.202. The maximum Gasteiger partial charge on any atom is 0.0831 e. The number of hydrogen-bond acceptors (Lipinski definition) is 3. The second-order valence-corrected chi connectivity index (χ2v) is 5.27. The third-order valence-electron chi connectivity index (χ3n) is 2.44. The minimum Gasteiger partial charge on any atom is -0.390 e. The molecule has 0 aromatic heterocycles. The zero-order valence-electron chi connectivity index (χ0n) is 9.17. The molecule has 1 heterocycles. The molecule has 0 saturated carbocycles. The van der Waals surface area contributed by atoms with Crippen LogP contribution >= 0.6 is 0 Å². The lowest BCUT2D eigenvalue weighted by atomic mass is 9.95. The summed E-state index contributed by atoms with van der Waals surface area (Å²) in [6, 6.07) is 0.291. The van der Waals surface area contributed by atoms with Crippen molar-refractivity contribution in [2.24, 2.45) is 5.41 Å². The van der Waals surface area contributed by atoms with Crippen LogP contribution in [0.15, 0.2) is 0 Å². The van der Waals surface area contributed by atoms with Crippen LogP contribution in [0.3, 0.4) is 0 Å². The Bertz CT molecular complexity index is 165. The van der Waals surface area contributed by atoms with Gasteiger partial charge in [0.2, 0.25) is 0 Å². The topological polar surface area (TPSA) is 35.5 Å². The van der Waals surface area contributed by atoms with Crippen molar-refractivity contribution in [3.05, 3.63) is 0 Å². The third-order valence-corrected chi connectivity index (χ3v) is 2.44. The fourth-order valence-corrected chi connectivity index (χ4v) is 1.97. The van der Waals surface area contributed by atoms with Gasteiger partial charge in [0.25, 0.3) is 0 Å². The number of aliphatic hydroxyl groups is 1. The van der Waals surface area contributed by atoms with Crippen LogP contribution in [-0.4, -0.2) is 48.8 Å². The van der Waals surface area contributed by atoms with Crippen LogP contribution in [0.25, 0.3) is 0 Å². The van der Waals surface area contributed by atoms with E-state index in [1.165, 1.54) is 0 Å². The molecule has 1 aliphatic rings. The first-order valence-electron chi connectivity index (χ1n) is 4.99. The number of aliphatic hydroxyl groups excluding tert-OH is 1. The van der Waals surface area contributed by atoms with Crippen molar-refractivity contribution in [3.63, 3.8) is 0 Å². The van der Waals surface area contributed by atoms with Gasteiger partial charge in [-0.2, -0.15) is 0 Å². The van der Waals surface area contributed by atoms with E-state index in [1.807, 2.05) is 0 Å². The summed E-state index contributed by atoms with van der Waals surface area (Å²) < 4.78 is 0. The highest BCUT2D eigenvalue weighted by molar-refractivity contribution is 4.88. The average Bonchev–Trinajstić information content (AvgIpc) is 2.30. The number of rotatable bonds is 2. The van der Waals surface area contributed by atoms with Gasteiger partial charge in [-0.3, -0.25) is 4.90 Å². The zero-order valence-corrected chi connectivity index (χ0v) is 9.17. The van der Waals surface area contributed by atoms with Gasteiger partial charge in [-0.25, -0.2) is 0 Å². The minimum absolute atomic E-state index is 0.202. The number of β-amino-alcohol motifs (C(OH)–C–C–N with tert-alkyl or cyclic N) is 1. The first-order chi connectivity index (χ1) is 5.90. The van der Waals surface area contributed by atoms with Crippen molar-refractivity contribution in [2.45, 2.75) is 32.9 Å². The van der Waals surface area contributed by atoms with Crippen LogP contribution in [0.1, 0.15) is 20.8 Å². The molecule has 0 amide bonds. The SMILES string of the molecule is CN(CC(C)(C)C)C1CNCC1O.